The lowest BCUT2D eigenvalue weighted by molar-refractivity contribution is 0.340. The maximum atomic E-state index is 7.75. The second-order valence-electron chi connectivity index (χ2n) is 9.16. The first kappa shape index (κ1) is 21.7. The summed E-state index contributed by atoms with van der Waals surface area (Å²) in [7, 11) is -3.21. The van der Waals surface area contributed by atoms with Crippen LogP contribution in [0, 0.1) is 0 Å². The van der Waals surface area contributed by atoms with Crippen molar-refractivity contribution in [2.45, 2.75) is 140 Å². The first-order valence-corrected chi connectivity index (χ1v) is 16.7. The predicted octanol–water partition coefficient (Wildman–Crippen LogP) is 8.42. The van der Waals surface area contributed by atoms with Crippen molar-refractivity contribution in [1.29, 1.82) is 0 Å². The van der Waals surface area contributed by atoms with Gasteiger partial charge >= 0.3 is 0 Å². The van der Waals surface area contributed by atoms with Gasteiger partial charge in [-0.15, -0.1) is 0 Å². The minimum Gasteiger partial charge on any atom is -0.454 e. The highest BCUT2D eigenvalue weighted by molar-refractivity contribution is 6.88. The van der Waals surface area contributed by atoms with Gasteiger partial charge < -0.3 is 4.12 Å². The van der Waals surface area contributed by atoms with Crippen molar-refractivity contribution in [1.82, 2.24) is 0 Å². The van der Waals surface area contributed by atoms with Crippen molar-refractivity contribution in [2.75, 3.05) is 0 Å². The smallest absolute Gasteiger partial charge is 0.185 e. The molecule has 25 heavy (non-hydrogen) atoms. The van der Waals surface area contributed by atoms with Crippen LogP contribution in [0.5, 0.6) is 0 Å². The van der Waals surface area contributed by atoms with E-state index in [0.717, 1.165) is 0 Å². The average Bonchev–Trinajstić information content (AvgIpc) is 2.64. The van der Waals surface area contributed by atoms with E-state index in [1.54, 1.807) is 0 Å². The highest BCUT2D eigenvalue weighted by Crippen LogP contribution is 2.57. The molecule has 2 aliphatic rings. The molecule has 0 bridgehead atoms. The second kappa shape index (κ2) is 10.1. The first-order valence-electron chi connectivity index (χ1n) is 11.8. The summed E-state index contributed by atoms with van der Waals surface area (Å²) in [5.41, 5.74) is 0. The summed E-state index contributed by atoms with van der Waals surface area (Å²) in [5.74, 6) is 0. The molecule has 2 fully saturated rings. The zero-order chi connectivity index (χ0) is 18.2. The Balaban J connectivity index is 2.44. The molecule has 1 spiro atoms. The summed E-state index contributed by atoms with van der Waals surface area (Å²) in [4.78, 5) is 0. The Hall–Kier alpha value is 0.394. The Bertz CT molecular complexity index is 376. The maximum Gasteiger partial charge on any atom is 0.185 e. The SMILES string of the molecule is CCC1(CC)CCCCCC[Si]12CCCCCCC[Si](CC)(CC)O2. The summed E-state index contributed by atoms with van der Waals surface area (Å²) < 4.78 is 7.75. The first-order chi connectivity index (χ1) is 12.1. The van der Waals surface area contributed by atoms with Crippen molar-refractivity contribution in [3.05, 3.63) is 0 Å². The highest BCUT2D eigenvalue weighted by Gasteiger charge is 2.55. The third-order valence-electron chi connectivity index (χ3n) is 8.22. The number of hydrogen-bond acceptors (Lipinski definition) is 1. The molecule has 2 heterocycles. The van der Waals surface area contributed by atoms with Gasteiger partial charge in [0.05, 0.1) is 0 Å². The van der Waals surface area contributed by atoms with Gasteiger partial charge in [-0.3, -0.25) is 0 Å². The molecule has 148 valence electrons. The Kier molecular flexibility index (Phi) is 8.75. The van der Waals surface area contributed by atoms with Crippen LogP contribution in [0.25, 0.3) is 0 Å². The second-order valence-corrected chi connectivity index (χ2v) is 18.3. The van der Waals surface area contributed by atoms with E-state index in [9.17, 15) is 0 Å². The van der Waals surface area contributed by atoms with Crippen LogP contribution in [0.2, 0.25) is 35.3 Å². The lowest BCUT2D eigenvalue weighted by atomic mass is 9.94. The van der Waals surface area contributed by atoms with Gasteiger partial charge in [-0.2, -0.15) is 0 Å². The fourth-order valence-electron chi connectivity index (χ4n) is 6.17. The van der Waals surface area contributed by atoms with E-state index in [1.807, 2.05) is 0 Å². The molecule has 0 N–H and O–H groups in total. The molecule has 0 aliphatic carbocycles. The van der Waals surface area contributed by atoms with Crippen molar-refractivity contribution >= 4 is 16.6 Å². The van der Waals surface area contributed by atoms with Gasteiger partial charge in [0.25, 0.3) is 0 Å². The van der Waals surface area contributed by atoms with Crippen LogP contribution >= 0.6 is 0 Å². The van der Waals surface area contributed by atoms with E-state index in [4.69, 9.17) is 4.12 Å². The van der Waals surface area contributed by atoms with Gasteiger partial charge in [-0.05, 0) is 41.7 Å². The zero-order valence-electron chi connectivity index (χ0n) is 17.9. The fraction of sp³-hybridized carbons (Fsp3) is 1.00. The molecule has 0 radical (unpaired) electrons. The molecule has 2 aliphatic heterocycles. The van der Waals surface area contributed by atoms with E-state index in [2.05, 4.69) is 27.7 Å². The maximum absolute atomic E-state index is 7.75. The number of hydrogen-bond donors (Lipinski definition) is 0. The van der Waals surface area contributed by atoms with Crippen LogP contribution in [-0.2, 0) is 4.12 Å². The van der Waals surface area contributed by atoms with E-state index in [0.29, 0.717) is 5.04 Å². The summed E-state index contributed by atoms with van der Waals surface area (Å²) >= 11 is 0. The van der Waals surface area contributed by atoms with Gasteiger partial charge in [0, 0.05) is 0 Å². The van der Waals surface area contributed by atoms with Crippen molar-refractivity contribution < 1.29 is 4.12 Å². The van der Waals surface area contributed by atoms with Crippen LogP contribution in [0.3, 0.4) is 0 Å². The molecular weight excluding hydrogens is 336 g/mol. The molecule has 0 aromatic rings. The minimum absolute atomic E-state index is 0.579. The van der Waals surface area contributed by atoms with Crippen LogP contribution < -0.4 is 0 Å². The molecule has 1 atom stereocenters. The van der Waals surface area contributed by atoms with E-state index in [1.165, 1.54) is 107 Å². The lowest BCUT2D eigenvalue weighted by Gasteiger charge is -2.54. The van der Waals surface area contributed by atoms with Crippen LogP contribution in [-0.4, -0.2) is 16.6 Å². The van der Waals surface area contributed by atoms with Crippen molar-refractivity contribution in [3.8, 4) is 0 Å². The van der Waals surface area contributed by atoms with Gasteiger partial charge in [-0.25, -0.2) is 0 Å². The van der Waals surface area contributed by atoms with Crippen molar-refractivity contribution in [3.63, 3.8) is 0 Å². The quantitative estimate of drug-likeness (QED) is 0.443. The summed E-state index contributed by atoms with van der Waals surface area (Å²) in [6.07, 6.45) is 17.4. The van der Waals surface area contributed by atoms with Crippen LogP contribution in [0.1, 0.15) is 105 Å². The van der Waals surface area contributed by atoms with Gasteiger partial charge in [0.1, 0.15) is 0 Å². The van der Waals surface area contributed by atoms with Gasteiger partial charge in [0.15, 0.2) is 16.6 Å². The topological polar surface area (TPSA) is 9.23 Å². The molecule has 2 saturated heterocycles. The third-order valence-corrected chi connectivity index (χ3v) is 20.6. The molecule has 0 aromatic heterocycles. The van der Waals surface area contributed by atoms with E-state index >= 15 is 0 Å². The van der Waals surface area contributed by atoms with Crippen LogP contribution in [0.15, 0.2) is 0 Å². The zero-order valence-corrected chi connectivity index (χ0v) is 19.9. The van der Waals surface area contributed by atoms with E-state index < -0.39 is 16.6 Å². The molecule has 0 aromatic carbocycles. The Morgan fingerprint density at radius 1 is 0.640 bits per heavy atom. The van der Waals surface area contributed by atoms with E-state index in [-0.39, 0.29) is 0 Å². The van der Waals surface area contributed by atoms with Crippen LogP contribution in [0.4, 0.5) is 0 Å². The average molecular weight is 383 g/mol. The monoisotopic (exact) mass is 382 g/mol. The summed E-state index contributed by atoms with van der Waals surface area (Å²) in [6, 6.07) is 7.16. The standard InChI is InChI=1S/C22H46OSi2/c1-5-22(6-2)18-14-10-13-17-21-25(22)20-16-12-9-11-15-19-24(7-3,8-4)23-25/h5-21H2,1-4H3. The molecule has 3 heteroatoms. The molecule has 1 nitrogen and oxygen atoms in total. The Morgan fingerprint density at radius 2 is 1.12 bits per heavy atom. The Morgan fingerprint density at radius 3 is 1.64 bits per heavy atom. The van der Waals surface area contributed by atoms with Gasteiger partial charge in [0.2, 0.25) is 0 Å². The minimum atomic E-state index is -1.68. The highest BCUT2D eigenvalue weighted by atomic mass is 28.4. The molecule has 0 amide bonds. The molecule has 2 rings (SSSR count). The third kappa shape index (κ3) is 4.82. The summed E-state index contributed by atoms with van der Waals surface area (Å²) in [6.45, 7) is 9.94. The number of rotatable bonds is 4. The van der Waals surface area contributed by atoms with Crippen molar-refractivity contribution in [2.24, 2.45) is 0 Å². The largest absolute Gasteiger partial charge is 0.454 e. The molecular formula is C22H46OSi2. The summed E-state index contributed by atoms with van der Waals surface area (Å²) in [5, 5.41) is 0.579. The fourth-order valence-corrected chi connectivity index (χ4v) is 19.7. The lowest BCUT2D eigenvalue weighted by Crippen LogP contribution is -2.58. The molecule has 1 unspecified atom stereocenters. The van der Waals surface area contributed by atoms with Gasteiger partial charge in [-0.1, -0.05) is 98.3 Å². The predicted molar refractivity (Wildman–Crippen MR) is 117 cm³/mol. The Labute approximate surface area is 161 Å². The normalized spacial score (nSPS) is 31.2. The molecule has 0 saturated carbocycles.